The van der Waals surface area contributed by atoms with Crippen molar-refractivity contribution in [1.29, 1.82) is 0 Å². The molecule has 0 aliphatic carbocycles. The lowest BCUT2D eigenvalue weighted by atomic mass is 10.0. The molecule has 4 rings (SSSR count). The van der Waals surface area contributed by atoms with E-state index in [4.69, 9.17) is 4.42 Å². The molecule has 1 unspecified atom stereocenters. The summed E-state index contributed by atoms with van der Waals surface area (Å²) in [5.74, 6) is -0.540. The van der Waals surface area contributed by atoms with Gasteiger partial charge in [0.2, 0.25) is 10.0 Å². The number of aryl methyl sites for hydroxylation is 2. The van der Waals surface area contributed by atoms with Crippen LogP contribution in [0.2, 0.25) is 0 Å². The van der Waals surface area contributed by atoms with Crippen LogP contribution in [0.25, 0.3) is 11.1 Å². The molecule has 0 amide bonds. The largest absolute Gasteiger partial charge is 0.419 e. The fourth-order valence-corrected chi connectivity index (χ4v) is 5.13. The van der Waals surface area contributed by atoms with Gasteiger partial charge in [0.05, 0.1) is 22.1 Å². The van der Waals surface area contributed by atoms with Gasteiger partial charge in [0.25, 0.3) is 0 Å². The molecule has 0 spiro atoms. The summed E-state index contributed by atoms with van der Waals surface area (Å²) in [7, 11) is -2.31. The molecule has 0 fully saturated rings. The molecule has 29 heavy (non-hydrogen) atoms. The van der Waals surface area contributed by atoms with E-state index in [-0.39, 0.29) is 10.5 Å². The predicted molar refractivity (Wildman–Crippen MR) is 112 cm³/mol. The van der Waals surface area contributed by atoms with Gasteiger partial charge in [-0.3, -0.25) is 9.55 Å². The number of sulfonamides is 1. The zero-order chi connectivity index (χ0) is 20.6. The summed E-state index contributed by atoms with van der Waals surface area (Å²) >= 11 is 1.56. The number of hydrogen-bond donors (Lipinski definition) is 1. The molecule has 150 valence electrons. The standard InChI is InChI=1S/C20H19N3O4S2/c1-13-4-3-8-21-19(13)16(10-14-7-9-28-12-14)22-29(25,26)15-5-6-17-18(11-15)27-20(24)23(17)2/h3-9,11-12,16,22H,10H2,1-2H3. The first kappa shape index (κ1) is 19.6. The van der Waals surface area contributed by atoms with Crippen LogP contribution in [0.5, 0.6) is 0 Å². The normalized spacial score (nSPS) is 13.0. The molecule has 0 aliphatic heterocycles. The summed E-state index contributed by atoms with van der Waals surface area (Å²) in [5, 5.41) is 3.95. The lowest BCUT2D eigenvalue weighted by Crippen LogP contribution is -2.31. The Labute approximate surface area is 171 Å². The van der Waals surface area contributed by atoms with E-state index in [1.54, 1.807) is 30.6 Å². The highest BCUT2D eigenvalue weighted by atomic mass is 32.2. The molecule has 0 radical (unpaired) electrons. The average Bonchev–Trinajstić information content (AvgIpc) is 3.29. The molecule has 0 bridgehead atoms. The second-order valence-electron chi connectivity index (χ2n) is 6.77. The summed E-state index contributed by atoms with van der Waals surface area (Å²) < 4.78 is 35.5. The first-order valence-corrected chi connectivity index (χ1v) is 11.3. The van der Waals surface area contributed by atoms with Crippen molar-refractivity contribution in [1.82, 2.24) is 14.3 Å². The zero-order valence-electron chi connectivity index (χ0n) is 15.8. The molecular weight excluding hydrogens is 410 g/mol. The third-order valence-corrected chi connectivity index (χ3v) is 6.97. The SMILES string of the molecule is Cc1cccnc1C(Cc1ccsc1)NS(=O)(=O)c1ccc2c(c1)oc(=O)n2C. The van der Waals surface area contributed by atoms with Gasteiger partial charge < -0.3 is 4.42 Å². The summed E-state index contributed by atoms with van der Waals surface area (Å²) in [6.07, 6.45) is 2.13. The minimum Gasteiger partial charge on any atom is -0.408 e. The Morgan fingerprint density at radius 3 is 2.83 bits per heavy atom. The summed E-state index contributed by atoms with van der Waals surface area (Å²) in [5.41, 5.74) is 3.36. The quantitative estimate of drug-likeness (QED) is 0.508. The monoisotopic (exact) mass is 429 g/mol. The third-order valence-electron chi connectivity index (χ3n) is 4.77. The second kappa shape index (κ2) is 7.58. The van der Waals surface area contributed by atoms with Crippen molar-refractivity contribution >= 4 is 32.5 Å². The van der Waals surface area contributed by atoms with E-state index in [2.05, 4.69) is 9.71 Å². The van der Waals surface area contributed by atoms with E-state index in [1.807, 2.05) is 35.9 Å². The Morgan fingerprint density at radius 1 is 1.28 bits per heavy atom. The number of pyridine rings is 1. The third kappa shape index (κ3) is 3.89. The molecule has 7 nitrogen and oxygen atoms in total. The maximum absolute atomic E-state index is 13.1. The molecule has 1 atom stereocenters. The molecule has 0 saturated heterocycles. The van der Waals surface area contributed by atoms with Gasteiger partial charge in [0.1, 0.15) is 0 Å². The Morgan fingerprint density at radius 2 is 2.10 bits per heavy atom. The fraction of sp³-hybridized carbons (Fsp3) is 0.200. The van der Waals surface area contributed by atoms with E-state index in [1.165, 1.54) is 16.7 Å². The van der Waals surface area contributed by atoms with Crippen LogP contribution in [-0.4, -0.2) is 18.0 Å². The maximum atomic E-state index is 13.1. The van der Waals surface area contributed by atoms with E-state index in [0.717, 1.165) is 11.1 Å². The Kier molecular flexibility index (Phi) is 5.12. The molecular formula is C20H19N3O4S2. The minimum atomic E-state index is -3.88. The number of nitrogens with zero attached hydrogens (tertiary/aromatic N) is 2. The van der Waals surface area contributed by atoms with Crippen LogP contribution in [0, 0.1) is 6.92 Å². The molecule has 0 saturated carbocycles. The molecule has 0 aliphatic rings. The molecule has 3 aromatic heterocycles. The van der Waals surface area contributed by atoms with E-state index in [9.17, 15) is 13.2 Å². The van der Waals surface area contributed by atoms with Crippen LogP contribution in [0.3, 0.4) is 0 Å². The van der Waals surface area contributed by atoms with Crippen LogP contribution in [0.1, 0.15) is 22.9 Å². The number of rotatable bonds is 6. The number of thiophene rings is 1. The van der Waals surface area contributed by atoms with E-state index < -0.39 is 21.8 Å². The van der Waals surface area contributed by atoms with Crippen LogP contribution >= 0.6 is 11.3 Å². The summed E-state index contributed by atoms with van der Waals surface area (Å²) in [6.45, 7) is 1.90. The van der Waals surface area contributed by atoms with Gasteiger partial charge in [-0.25, -0.2) is 17.9 Å². The van der Waals surface area contributed by atoms with E-state index >= 15 is 0 Å². The van der Waals surface area contributed by atoms with Crippen molar-refractivity contribution in [3.8, 4) is 0 Å². The van der Waals surface area contributed by atoms with Crippen molar-refractivity contribution in [2.45, 2.75) is 24.3 Å². The van der Waals surface area contributed by atoms with Crippen molar-refractivity contribution in [2.75, 3.05) is 0 Å². The van der Waals surface area contributed by atoms with Crippen molar-refractivity contribution in [3.63, 3.8) is 0 Å². The Hall–Kier alpha value is -2.75. The number of hydrogen-bond acceptors (Lipinski definition) is 6. The van der Waals surface area contributed by atoms with Gasteiger partial charge >= 0.3 is 5.76 Å². The highest BCUT2D eigenvalue weighted by Crippen LogP contribution is 2.25. The second-order valence-corrected chi connectivity index (χ2v) is 9.27. The van der Waals surface area contributed by atoms with Gasteiger partial charge in [-0.2, -0.15) is 11.3 Å². The number of aromatic nitrogens is 2. The fourth-order valence-electron chi connectivity index (χ4n) is 3.24. The number of fused-ring (bicyclic) bond motifs is 1. The van der Waals surface area contributed by atoms with Crippen molar-refractivity contribution in [3.05, 3.63) is 80.7 Å². The van der Waals surface area contributed by atoms with Crippen LogP contribution in [0.4, 0.5) is 0 Å². The first-order valence-electron chi connectivity index (χ1n) is 8.89. The topological polar surface area (TPSA) is 94.2 Å². The summed E-state index contributed by atoms with van der Waals surface area (Å²) in [4.78, 5) is 16.1. The molecule has 9 heteroatoms. The van der Waals surface area contributed by atoms with Crippen LogP contribution in [-0.2, 0) is 23.5 Å². The number of nitrogens with one attached hydrogen (secondary N) is 1. The highest BCUT2D eigenvalue weighted by molar-refractivity contribution is 7.89. The Balaban J connectivity index is 1.72. The Bertz CT molecular complexity index is 1320. The molecule has 1 aromatic carbocycles. The van der Waals surface area contributed by atoms with Gasteiger partial charge in [-0.1, -0.05) is 6.07 Å². The lowest BCUT2D eigenvalue weighted by molar-refractivity contribution is 0.526. The lowest BCUT2D eigenvalue weighted by Gasteiger charge is -2.19. The van der Waals surface area contributed by atoms with Crippen LogP contribution < -0.4 is 10.5 Å². The van der Waals surface area contributed by atoms with Crippen LogP contribution in [0.15, 0.2) is 67.5 Å². The van der Waals surface area contributed by atoms with Crippen molar-refractivity contribution in [2.24, 2.45) is 7.05 Å². The molecule has 1 N–H and O–H groups in total. The van der Waals surface area contributed by atoms with Gasteiger partial charge in [0, 0.05) is 19.3 Å². The van der Waals surface area contributed by atoms with Gasteiger partial charge in [0.15, 0.2) is 5.58 Å². The predicted octanol–water partition coefficient (Wildman–Crippen LogP) is 3.16. The van der Waals surface area contributed by atoms with Gasteiger partial charge in [-0.05, 0) is 59.5 Å². The summed E-state index contributed by atoms with van der Waals surface area (Å²) in [6, 6.07) is 9.55. The smallest absolute Gasteiger partial charge is 0.408 e. The minimum absolute atomic E-state index is 0.0308. The van der Waals surface area contributed by atoms with Crippen molar-refractivity contribution < 1.29 is 12.8 Å². The van der Waals surface area contributed by atoms with E-state index in [0.29, 0.717) is 17.6 Å². The highest BCUT2D eigenvalue weighted by Gasteiger charge is 2.25. The zero-order valence-corrected chi connectivity index (χ0v) is 17.5. The number of oxazole rings is 1. The first-order chi connectivity index (χ1) is 13.8. The number of benzene rings is 1. The van der Waals surface area contributed by atoms with Gasteiger partial charge in [-0.15, -0.1) is 0 Å². The molecule has 3 heterocycles. The average molecular weight is 430 g/mol. The maximum Gasteiger partial charge on any atom is 0.419 e. The molecule has 4 aromatic rings.